The third kappa shape index (κ3) is 3.31. The summed E-state index contributed by atoms with van der Waals surface area (Å²) in [6.45, 7) is 8.34. The van der Waals surface area contributed by atoms with E-state index in [0.717, 1.165) is 5.57 Å². The van der Waals surface area contributed by atoms with Gasteiger partial charge in [-0.2, -0.15) is 0 Å². The monoisotopic (exact) mass is 434 g/mol. The highest BCUT2D eigenvalue weighted by Gasteiger charge is 2.71. The molecule has 9 nitrogen and oxygen atoms in total. The summed E-state index contributed by atoms with van der Waals surface area (Å²) in [5.74, 6) is -3.77. The summed E-state index contributed by atoms with van der Waals surface area (Å²) in [6, 6.07) is 0. The smallest absolute Gasteiger partial charge is 0.337 e. The summed E-state index contributed by atoms with van der Waals surface area (Å²) in [7, 11) is 0. The molecule has 0 aromatic heterocycles. The molecule has 168 valence electrons. The second-order valence-corrected chi connectivity index (χ2v) is 8.53. The van der Waals surface area contributed by atoms with Gasteiger partial charge in [-0.1, -0.05) is 24.3 Å². The van der Waals surface area contributed by atoms with Gasteiger partial charge in [0, 0.05) is 24.3 Å². The Morgan fingerprint density at radius 3 is 2.61 bits per heavy atom. The summed E-state index contributed by atoms with van der Waals surface area (Å²) in [5, 5.41) is 22.0. The molecular weight excluding hydrogens is 408 g/mol. The van der Waals surface area contributed by atoms with E-state index < -0.39 is 65.7 Å². The predicted octanol–water partition coefficient (Wildman–Crippen LogP) is 0.202. The molecule has 0 amide bonds. The van der Waals surface area contributed by atoms with Gasteiger partial charge in [0.2, 0.25) is 0 Å². The summed E-state index contributed by atoms with van der Waals surface area (Å²) in [4.78, 5) is 36.3. The molecule has 0 aromatic carbocycles. The molecule has 3 fully saturated rings. The first-order valence-corrected chi connectivity index (χ1v) is 10.2. The molecule has 1 saturated carbocycles. The van der Waals surface area contributed by atoms with Gasteiger partial charge in [-0.3, -0.25) is 4.79 Å². The molecule has 2 saturated heterocycles. The maximum atomic E-state index is 12.8. The van der Waals surface area contributed by atoms with Crippen molar-refractivity contribution in [3.63, 3.8) is 0 Å². The fourth-order valence-electron chi connectivity index (χ4n) is 5.22. The highest BCUT2D eigenvalue weighted by molar-refractivity contribution is 5.92. The van der Waals surface area contributed by atoms with Crippen LogP contribution in [0.25, 0.3) is 0 Å². The Morgan fingerprint density at radius 1 is 1.35 bits per heavy atom. The Balaban J connectivity index is 1.69. The van der Waals surface area contributed by atoms with Gasteiger partial charge >= 0.3 is 17.9 Å². The van der Waals surface area contributed by atoms with Crippen LogP contribution in [0.2, 0.25) is 0 Å². The van der Waals surface area contributed by atoms with Crippen LogP contribution < -0.4 is 0 Å². The number of carbonyl (C=O) groups is 3. The van der Waals surface area contributed by atoms with E-state index in [1.807, 2.05) is 6.92 Å². The minimum atomic E-state index is -1.33. The van der Waals surface area contributed by atoms with E-state index in [1.54, 1.807) is 13.0 Å². The summed E-state index contributed by atoms with van der Waals surface area (Å²) >= 11 is 0. The van der Waals surface area contributed by atoms with Gasteiger partial charge in [-0.05, 0) is 13.8 Å². The van der Waals surface area contributed by atoms with Crippen LogP contribution in [0, 0.1) is 17.8 Å². The lowest BCUT2D eigenvalue weighted by Crippen LogP contribution is -2.50. The van der Waals surface area contributed by atoms with Crippen molar-refractivity contribution in [2.45, 2.75) is 50.8 Å². The largest absolute Gasteiger partial charge is 0.461 e. The lowest BCUT2D eigenvalue weighted by atomic mass is 9.77. The van der Waals surface area contributed by atoms with Crippen molar-refractivity contribution in [3.8, 4) is 0 Å². The zero-order valence-corrected chi connectivity index (χ0v) is 17.6. The van der Waals surface area contributed by atoms with Crippen LogP contribution in [0.1, 0.15) is 20.8 Å². The van der Waals surface area contributed by atoms with E-state index >= 15 is 0 Å². The van der Waals surface area contributed by atoms with E-state index in [2.05, 4.69) is 6.58 Å². The van der Waals surface area contributed by atoms with Crippen LogP contribution in [0.3, 0.4) is 0 Å². The van der Waals surface area contributed by atoms with Crippen molar-refractivity contribution in [1.29, 1.82) is 0 Å². The van der Waals surface area contributed by atoms with Crippen LogP contribution in [-0.4, -0.2) is 71.4 Å². The quantitative estimate of drug-likeness (QED) is 0.209. The van der Waals surface area contributed by atoms with E-state index in [9.17, 15) is 24.6 Å². The topological polar surface area (TPSA) is 132 Å². The zero-order valence-electron chi connectivity index (χ0n) is 17.6. The average Bonchev–Trinajstić information content (AvgIpc) is 3.38. The van der Waals surface area contributed by atoms with Crippen LogP contribution in [0.5, 0.6) is 0 Å². The van der Waals surface area contributed by atoms with Crippen LogP contribution in [-0.2, 0) is 33.3 Å². The highest BCUT2D eigenvalue weighted by atomic mass is 16.6. The molecule has 4 aliphatic rings. The van der Waals surface area contributed by atoms with Gasteiger partial charge in [0.05, 0.1) is 24.2 Å². The van der Waals surface area contributed by atoms with Crippen molar-refractivity contribution in [3.05, 3.63) is 35.5 Å². The number of allylic oxidation sites excluding steroid dienone is 1. The number of aliphatic hydroxyl groups is 2. The Labute approximate surface area is 179 Å². The Hall–Kier alpha value is -2.49. The third-order valence-corrected chi connectivity index (χ3v) is 6.82. The SMILES string of the molecule is C=C1C(=O)O[C@H]2[C@@H]1[C@H](OC(=O)/C(=C/C)COC(C)=O)[C@H](O)[C@]1(CO1)[C@H]1[C@@H]2C(C)=C[C@H]1O. The Morgan fingerprint density at radius 2 is 2.03 bits per heavy atom. The molecule has 2 aliphatic carbocycles. The minimum absolute atomic E-state index is 0.0844. The summed E-state index contributed by atoms with van der Waals surface area (Å²) in [5.41, 5.74) is -0.143. The maximum Gasteiger partial charge on any atom is 0.337 e. The Bertz CT molecular complexity index is 897. The fraction of sp³-hybridized carbons (Fsp3) is 0.591. The molecule has 0 aromatic rings. The number of hydrogen-bond donors (Lipinski definition) is 2. The van der Waals surface area contributed by atoms with Gasteiger partial charge in [0.25, 0.3) is 0 Å². The van der Waals surface area contributed by atoms with Crippen molar-refractivity contribution >= 4 is 17.9 Å². The molecule has 4 rings (SSSR count). The van der Waals surface area contributed by atoms with E-state index in [1.165, 1.54) is 13.0 Å². The Kier molecular flexibility index (Phi) is 5.31. The number of rotatable bonds is 4. The first-order valence-electron chi connectivity index (χ1n) is 10.2. The number of ether oxygens (including phenoxy) is 4. The minimum Gasteiger partial charge on any atom is -0.461 e. The second kappa shape index (κ2) is 7.58. The molecule has 0 unspecified atom stereocenters. The van der Waals surface area contributed by atoms with Crippen molar-refractivity contribution in [1.82, 2.24) is 0 Å². The van der Waals surface area contributed by atoms with E-state index in [0.29, 0.717) is 0 Å². The standard InChI is InChI=1S/C22H26O9/c1-5-12(7-28-11(4)23)21(27)31-18-15-10(3)20(26)30-17(15)14-9(2)6-13(24)16(14)22(8-29-22)19(18)25/h5-6,13-19,24-25H,3,7-8H2,1-2,4H3/b12-5+/t13-,14+,15-,16-,17-,18+,19+,22+/m1/s1. The molecule has 1 spiro atoms. The number of hydrogen-bond acceptors (Lipinski definition) is 9. The molecule has 0 radical (unpaired) electrons. The van der Waals surface area contributed by atoms with E-state index in [-0.39, 0.29) is 24.4 Å². The third-order valence-electron chi connectivity index (χ3n) is 6.82. The molecule has 0 bridgehead atoms. The van der Waals surface area contributed by atoms with E-state index in [4.69, 9.17) is 18.9 Å². The molecule has 8 atom stereocenters. The lowest BCUT2D eigenvalue weighted by molar-refractivity contribution is -0.159. The first kappa shape index (κ1) is 21.7. The maximum absolute atomic E-state index is 12.8. The molecule has 31 heavy (non-hydrogen) atoms. The fourth-order valence-corrected chi connectivity index (χ4v) is 5.22. The van der Waals surface area contributed by atoms with Gasteiger partial charge in [-0.25, -0.2) is 9.59 Å². The van der Waals surface area contributed by atoms with Crippen molar-refractivity contribution in [2.24, 2.45) is 17.8 Å². The van der Waals surface area contributed by atoms with Gasteiger partial charge in [0.1, 0.15) is 30.5 Å². The van der Waals surface area contributed by atoms with Gasteiger partial charge < -0.3 is 29.2 Å². The molecule has 2 N–H and O–H groups in total. The molecule has 2 heterocycles. The van der Waals surface area contributed by atoms with Crippen molar-refractivity contribution in [2.75, 3.05) is 13.2 Å². The van der Waals surface area contributed by atoms with Gasteiger partial charge in [-0.15, -0.1) is 0 Å². The number of epoxide rings is 1. The van der Waals surface area contributed by atoms with Crippen molar-refractivity contribution < 1.29 is 43.5 Å². The summed E-state index contributed by atoms with van der Waals surface area (Å²) in [6.07, 6.45) is -1.06. The molecule has 9 heteroatoms. The normalized spacial score (nSPS) is 41.1. The van der Waals surface area contributed by atoms with Crippen LogP contribution in [0.15, 0.2) is 35.5 Å². The first-order chi connectivity index (χ1) is 14.6. The molecule has 2 aliphatic heterocycles. The van der Waals surface area contributed by atoms with Gasteiger partial charge in [0.15, 0.2) is 0 Å². The predicted molar refractivity (Wildman–Crippen MR) is 104 cm³/mol. The van der Waals surface area contributed by atoms with Crippen LogP contribution >= 0.6 is 0 Å². The number of esters is 3. The lowest BCUT2D eigenvalue weighted by Gasteiger charge is -2.32. The number of fused-ring (bicyclic) bond motifs is 4. The average molecular weight is 434 g/mol. The second-order valence-electron chi connectivity index (χ2n) is 8.53. The number of aliphatic hydroxyl groups excluding tert-OH is 2. The highest BCUT2D eigenvalue weighted by Crippen LogP contribution is 2.58. The number of carbonyl (C=O) groups excluding carboxylic acids is 3. The molecular formula is C22H26O9. The van der Waals surface area contributed by atoms with Crippen LogP contribution in [0.4, 0.5) is 0 Å². The zero-order chi connectivity index (χ0) is 22.7. The summed E-state index contributed by atoms with van der Waals surface area (Å²) < 4.78 is 21.9.